The lowest BCUT2D eigenvalue weighted by Crippen LogP contribution is -2.52. The second-order valence-electron chi connectivity index (χ2n) is 9.46. The predicted molar refractivity (Wildman–Crippen MR) is 117 cm³/mol. The number of hydrogen-bond donors (Lipinski definition) is 0. The molecule has 0 unspecified atom stereocenters. The van der Waals surface area contributed by atoms with Crippen LogP contribution in [-0.4, -0.2) is 79.4 Å². The van der Waals surface area contributed by atoms with E-state index in [9.17, 15) is 13.2 Å². The molecule has 0 atom stereocenters. The molecule has 1 aromatic heterocycles. The highest BCUT2D eigenvalue weighted by Gasteiger charge is 2.37. The maximum Gasteiger partial charge on any atom is 0.248 e. The van der Waals surface area contributed by atoms with E-state index in [-0.39, 0.29) is 16.7 Å². The molecule has 174 valence electrons. The van der Waals surface area contributed by atoms with Gasteiger partial charge in [-0.25, -0.2) is 8.42 Å². The maximum absolute atomic E-state index is 13.1. The van der Waals surface area contributed by atoms with E-state index in [1.807, 2.05) is 4.90 Å². The molecule has 8 nitrogen and oxygen atoms in total. The Balaban J connectivity index is 1.26. The second-order valence-corrected chi connectivity index (χ2v) is 11.3. The smallest absolute Gasteiger partial charge is 0.248 e. The third kappa shape index (κ3) is 4.98. The van der Waals surface area contributed by atoms with Gasteiger partial charge in [0.05, 0.1) is 0 Å². The van der Waals surface area contributed by atoms with Crippen LogP contribution in [0.1, 0.15) is 56.4 Å². The highest BCUT2D eigenvalue weighted by atomic mass is 32.2. The molecule has 1 aromatic rings. The number of nitrogens with zero attached hydrogens (tertiary/aromatic N) is 4. The molecule has 1 amide bonds. The SMILES string of the molecule is Cc1noc(C)c1S(=O)(=O)N1CCC(C(=O)N2CCN(CC3CCCCC3)CC2)CC1. The summed E-state index contributed by atoms with van der Waals surface area (Å²) in [6.07, 6.45) is 7.98. The molecule has 0 aromatic carbocycles. The normalized spacial score (nSPS) is 23.4. The molecule has 3 aliphatic rings. The van der Waals surface area contributed by atoms with Crippen LogP contribution in [0.5, 0.6) is 0 Å². The van der Waals surface area contributed by atoms with Crippen molar-refractivity contribution in [1.29, 1.82) is 0 Å². The van der Waals surface area contributed by atoms with E-state index in [4.69, 9.17) is 4.52 Å². The van der Waals surface area contributed by atoms with Crippen LogP contribution >= 0.6 is 0 Å². The van der Waals surface area contributed by atoms with Gasteiger partial charge in [-0.15, -0.1) is 0 Å². The van der Waals surface area contributed by atoms with Gasteiger partial charge in [-0.05, 0) is 45.4 Å². The Morgan fingerprint density at radius 3 is 2.19 bits per heavy atom. The number of carbonyl (C=O) groups is 1. The number of rotatable bonds is 5. The number of hydrogen-bond acceptors (Lipinski definition) is 6. The zero-order valence-corrected chi connectivity index (χ0v) is 19.7. The quantitative estimate of drug-likeness (QED) is 0.682. The fourth-order valence-electron chi connectivity index (χ4n) is 5.46. The van der Waals surface area contributed by atoms with Crippen LogP contribution in [-0.2, 0) is 14.8 Å². The van der Waals surface area contributed by atoms with Gasteiger partial charge in [-0.3, -0.25) is 9.69 Å². The predicted octanol–water partition coefficient (Wildman–Crippen LogP) is 2.42. The lowest BCUT2D eigenvalue weighted by molar-refractivity contribution is -0.138. The average molecular weight is 453 g/mol. The van der Waals surface area contributed by atoms with Gasteiger partial charge in [0.1, 0.15) is 10.6 Å². The minimum absolute atomic E-state index is 0.0824. The lowest BCUT2D eigenvalue weighted by atomic mass is 9.89. The van der Waals surface area contributed by atoms with Gasteiger partial charge in [-0.2, -0.15) is 4.31 Å². The van der Waals surface area contributed by atoms with Crippen LogP contribution in [0.2, 0.25) is 0 Å². The molecular weight excluding hydrogens is 416 g/mol. The average Bonchev–Trinajstić information content (AvgIpc) is 3.13. The van der Waals surface area contributed by atoms with Gasteiger partial charge in [0.2, 0.25) is 15.9 Å². The molecule has 0 N–H and O–H groups in total. The maximum atomic E-state index is 13.1. The zero-order valence-electron chi connectivity index (χ0n) is 18.9. The summed E-state index contributed by atoms with van der Waals surface area (Å²) in [4.78, 5) is 17.8. The Bertz CT molecular complexity index is 843. The Hall–Kier alpha value is -1.45. The van der Waals surface area contributed by atoms with E-state index in [2.05, 4.69) is 10.1 Å². The molecule has 1 aliphatic carbocycles. The third-order valence-electron chi connectivity index (χ3n) is 7.29. The van der Waals surface area contributed by atoms with Crippen molar-refractivity contribution in [2.45, 2.75) is 63.7 Å². The minimum Gasteiger partial charge on any atom is -0.360 e. The third-order valence-corrected chi connectivity index (χ3v) is 9.44. The summed E-state index contributed by atoms with van der Waals surface area (Å²) in [6, 6.07) is 0. The van der Waals surface area contributed by atoms with Crippen molar-refractivity contribution in [3.8, 4) is 0 Å². The second kappa shape index (κ2) is 9.58. The van der Waals surface area contributed by atoms with Crippen LogP contribution < -0.4 is 0 Å². The van der Waals surface area contributed by atoms with Crippen LogP contribution in [0.4, 0.5) is 0 Å². The summed E-state index contributed by atoms with van der Waals surface area (Å²) in [5.74, 6) is 1.27. The number of aromatic nitrogens is 1. The summed E-state index contributed by atoms with van der Waals surface area (Å²) in [7, 11) is -3.63. The fourth-order valence-corrected chi connectivity index (χ4v) is 7.22. The van der Waals surface area contributed by atoms with Gasteiger partial charge in [0.25, 0.3) is 0 Å². The molecule has 1 saturated carbocycles. The van der Waals surface area contributed by atoms with Crippen LogP contribution in [0, 0.1) is 25.7 Å². The molecule has 2 aliphatic heterocycles. The van der Waals surface area contributed by atoms with Crippen molar-refractivity contribution < 1.29 is 17.7 Å². The first kappa shape index (κ1) is 22.7. The summed E-state index contributed by atoms with van der Waals surface area (Å²) in [5, 5.41) is 3.78. The number of amides is 1. The number of aryl methyl sites for hydroxylation is 2. The van der Waals surface area contributed by atoms with Gasteiger partial charge in [-0.1, -0.05) is 24.4 Å². The highest BCUT2D eigenvalue weighted by molar-refractivity contribution is 7.89. The molecule has 3 fully saturated rings. The number of piperazine rings is 1. The van der Waals surface area contributed by atoms with E-state index in [0.29, 0.717) is 37.4 Å². The number of piperidine rings is 1. The molecule has 4 rings (SSSR count). The summed E-state index contributed by atoms with van der Waals surface area (Å²) in [6.45, 7) is 8.69. The number of carbonyl (C=O) groups excluding carboxylic acids is 1. The molecule has 0 radical (unpaired) electrons. The lowest BCUT2D eigenvalue weighted by Gasteiger charge is -2.39. The minimum atomic E-state index is -3.63. The van der Waals surface area contributed by atoms with Crippen molar-refractivity contribution in [2.75, 3.05) is 45.8 Å². The first-order chi connectivity index (χ1) is 14.9. The van der Waals surface area contributed by atoms with Crippen molar-refractivity contribution in [1.82, 2.24) is 19.3 Å². The van der Waals surface area contributed by atoms with Crippen LogP contribution in [0.15, 0.2) is 9.42 Å². The zero-order chi connectivity index (χ0) is 22.0. The fraction of sp³-hybridized carbons (Fsp3) is 0.818. The van der Waals surface area contributed by atoms with Gasteiger partial charge < -0.3 is 9.42 Å². The van der Waals surface area contributed by atoms with Crippen LogP contribution in [0.25, 0.3) is 0 Å². The van der Waals surface area contributed by atoms with E-state index in [1.54, 1.807) is 13.8 Å². The van der Waals surface area contributed by atoms with E-state index < -0.39 is 10.0 Å². The van der Waals surface area contributed by atoms with E-state index >= 15 is 0 Å². The molecule has 3 heterocycles. The standard InChI is InChI=1S/C22H36N4O4S/c1-17-21(18(2)30-23-17)31(28,29)26-10-8-20(9-11-26)22(27)25-14-12-24(13-15-25)16-19-6-4-3-5-7-19/h19-20H,3-16H2,1-2H3. The molecule has 31 heavy (non-hydrogen) atoms. The molecular formula is C22H36N4O4S. The summed E-state index contributed by atoms with van der Waals surface area (Å²) >= 11 is 0. The van der Waals surface area contributed by atoms with Crippen molar-refractivity contribution >= 4 is 15.9 Å². The highest BCUT2D eigenvalue weighted by Crippen LogP contribution is 2.29. The topological polar surface area (TPSA) is 87.0 Å². The Kier molecular flexibility index (Phi) is 7.03. The molecule has 0 bridgehead atoms. The first-order valence-electron chi connectivity index (χ1n) is 11.8. The largest absolute Gasteiger partial charge is 0.360 e. The Morgan fingerprint density at radius 1 is 0.968 bits per heavy atom. The molecule has 9 heteroatoms. The summed E-state index contributed by atoms with van der Waals surface area (Å²) < 4.78 is 32.5. The first-order valence-corrected chi connectivity index (χ1v) is 13.2. The van der Waals surface area contributed by atoms with Gasteiger partial charge in [0, 0.05) is 51.7 Å². The Morgan fingerprint density at radius 2 is 1.61 bits per heavy atom. The van der Waals surface area contributed by atoms with Crippen LogP contribution in [0.3, 0.4) is 0 Å². The molecule has 0 spiro atoms. The van der Waals surface area contributed by atoms with Crippen molar-refractivity contribution in [3.05, 3.63) is 11.5 Å². The Labute approximate surface area is 186 Å². The van der Waals surface area contributed by atoms with Crippen molar-refractivity contribution in [2.24, 2.45) is 11.8 Å². The van der Waals surface area contributed by atoms with Gasteiger partial charge >= 0.3 is 0 Å². The van der Waals surface area contributed by atoms with E-state index in [1.165, 1.54) is 43.0 Å². The summed E-state index contributed by atoms with van der Waals surface area (Å²) in [5.41, 5.74) is 0.391. The van der Waals surface area contributed by atoms with Crippen molar-refractivity contribution in [3.63, 3.8) is 0 Å². The molecule has 2 saturated heterocycles. The number of sulfonamides is 1. The monoisotopic (exact) mass is 452 g/mol. The van der Waals surface area contributed by atoms with E-state index in [0.717, 1.165) is 32.1 Å². The van der Waals surface area contributed by atoms with Gasteiger partial charge in [0.15, 0.2) is 5.76 Å².